The van der Waals surface area contributed by atoms with Gasteiger partial charge in [-0.2, -0.15) is 9.97 Å². The van der Waals surface area contributed by atoms with Gasteiger partial charge in [-0.05, 0) is 49.9 Å². The fourth-order valence-electron chi connectivity index (χ4n) is 7.62. The van der Waals surface area contributed by atoms with Crippen LogP contribution >= 0.6 is 11.6 Å². The Balaban J connectivity index is 1.12. The average molecular weight is 697 g/mol. The van der Waals surface area contributed by atoms with E-state index >= 15 is 4.39 Å². The van der Waals surface area contributed by atoms with Gasteiger partial charge >= 0.3 is 6.01 Å². The molecule has 3 aromatic heterocycles. The monoisotopic (exact) mass is 696 g/mol. The quantitative estimate of drug-likeness (QED) is 0.188. The molecule has 0 bridgehead atoms. The van der Waals surface area contributed by atoms with Gasteiger partial charge in [-0.3, -0.25) is 14.7 Å². The van der Waals surface area contributed by atoms with Crippen LogP contribution in [-0.2, 0) is 4.79 Å². The molecule has 5 aromatic rings. The Morgan fingerprint density at radius 1 is 1.06 bits per heavy atom. The number of fused-ring (bicyclic) bond motifs is 3. The summed E-state index contributed by atoms with van der Waals surface area (Å²) in [6.45, 7) is 4.95. The highest BCUT2D eigenvalue weighted by molar-refractivity contribution is 6.36. The molecule has 256 valence electrons. The van der Waals surface area contributed by atoms with Crippen LogP contribution in [0.2, 0.25) is 5.02 Å². The van der Waals surface area contributed by atoms with Gasteiger partial charge in [0, 0.05) is 73.6 Å². The van der Waals surface area contributed by atoms with Gasteiger partial charge in [-0.15, -0.1) is 0 Å². The summed E-state index contributed by atoms with van der Waals surface area (Å²) in [6.07, 6.45) is 7.70. The summed E-state index contributed by atoms with van der Waals surface area (Å²) < 4.78 is 37.6. The summed E-state index contributed by atoms with van der Waals surface area (Å²) in [7, 11) is 0. The maximum atomic E-state index is 16.8. The number of benzene rings is 2. The smallest absolute Gasteiger partial charge is 0.319 e. The maximum absolute atomic E-state index is 16.8. The summed E-state index contributed by atoms with van der Waals surface area (Å²) >= 11 is 6.61. The highest BCUT2D eigenvalue weighted by atomic mass is 35.5. The molecule has 50 heavy (non-hydrogen) atoms. The van der Waals surface area contributed by atoms with Crippen molar-refractivity contribution < 1.29 is 18.3 Å². The van der Waals surface area contributed by atoms with Crippen molar-refractivity contribution in [2.24, 2.45) is 0 Å². The van der Waals surface area contributed by atoms with Crippen molar-refractivity contribution in [1.29, 1.82) is 0 Å². The van der Waals surface area contributed by atoms with Crippen molar-refractivity contribution >= 4 is 51.1 Å². The Morgan fingerprint density at radius 2 is 1.88 bits per heavy atom. The van der Waals surface area contributed by atoms with E-state index in [9.17, 15) is 9.18 Å². The zero-order valence-corrected chi connectivity index (χ0v) is 28.3. The molecule has 0 aliphatic carbocycles. The van der Waals surface area contributed by atoms with Crippen LogP contribution in [0.15, 0.2) is 60.9 Å². The van der Waals surface area contributed by atoms with Crippen molar-refractivity contribution in [3.05, 3.63) is 83.3 Å². The van der Waals surface area contributed by atoms with Gasteiger partial charge < -0.3 is 14.5 Å². The molecule has 3 saturated heterocycles. The lowest BCUT2D eigenvalue weighted by atomic mass is 9.95. The average Bonchev–Trinajstić information content (AvgIpc) is 3.65. The maximum Gasteiger partial charge on any atom is 0.319 e. The first-order valence-corrected chi connectivity index (χ1v) is 17.2. The highest BCUT2D eigenvalue weighted by Gasteiger charge is 2.49. The summed E-state index contributed by atoms with van der Waals surface area (Å²) in [5.74, 6) is 0.343. The van der Waals surface area contributed by atoms with Crippen molar-refractivity contribution in [3.8, 4) is 17.3 Å². The molecule has 0 spiro atoms. The fraction of sp³-hybridized carbons (Fsp3) is 0.351. The number of nitrogens with zero attached hydrogens (tertiary/aromatic N) is 8. The second-order valence-electron chi connectivity index (χ2n) is 13.2. The molecular formula is C37H35ClF2N8O2. The van der Waals surface area contributed by atoms with Crippen LogP contribution in [0.5, 0.6) is 6.01 Å². The normalized spacial score (nSPS) is 21.1. The number of aryl methyl sites for hydroxylation is 1. The molecule has 1 amide bonds. The van der Waals surface area contributed by atoms with E-state index in [1.807, 2.05) is 29.2 Å². The van der Waals surface area contributed by atoms with Crippen LogP contribution in [0.1, 0.15) is 30.8 Å². The zero-order chi connectivity index (χ0) is 34.4. The van der Waals surface area contributed by atoms with E-state index in [0.29, 0.717) is 77.8 Å². The molecule has 2 atom stereocenters. The van der Waals surface area contributed by atoms with Gasteiger partial charge in [0.15, 0.2) is 5.82 Å². The second kappa shape index (κ2) is 13.1. The minimum absolute atomic E-state index is 0.0182. The number of hydrogen-bond acceptors (Lipinski definition) is 9. The van der Waals surface area contributed by atoms with Gasteiger partial charge in [0.05, 0.1) is 16.6 Å². The first-order chi connectivity index (χ1) is 24.3. The van der Waals surface area contributed by atoms with Gasteiger partial charge in [-0.25, -0.2) is 18.7 Å². The molecular weight excluding hydrogens is 662 g/mol. The number of aromatic nitrogens is 5. The van der Waals surface area contributed by atoms with Crippen LogP contribution < -0.4 is 9.64 Å². The number of amides is 1. The predicted molar refractivity (Wildman–Crippen MR) is 188 cm³/mol. The zero-order valence-electron chi connectivity index (χ0n) is 27.5. The summed E-state index contributed by atoms with van der Waals surface area (Å²) in [5.41, 5.74) is 0.960. The molecule has 3 aliphatic rings. The first-order valence-electron chi connectivity index (χ1n) is 16.9. The Kier molecular flexibility index (Phi) is 8.52. The lowest BCUT2D eigenvalue weighted by Gasteiger charge is -2.35. The van der Waals surface area contributed by atoms with Gasteiger partial charge in [0.2, 0.25) is 5.91 Å². The number of carbonyl (C=O) groups is 1. The molecule has 0 unspecified atom stereocenters. The van der Waals surface area contributed by atoms with Gasteiger partial charge in [0.1, 0.15) is 35.6 Å². The van der Waals surface area contributed by atoms with E-state index in [0.717, 1.165) is 24.8 Å². The Labute approximate surface area is 292 Å². The fourth-order valence-corrected chi connectivity index (χ4v) is 7.91. The van der Waals surface area contributed by atoms with E-state index in [4.69, 9.17) is 21.3 Å². The third-order valence-corrected chi connectivity index (χ3v) is 10.4. The largest absolute Gasteiger partial charge is 0.461 e. The Hall–Kier alpha value is -4.81. The third kappa shape index (κ3) is 6.00. The topological polar surface area (TPSA) is 100 Å². The van der Waals surface area contributed by atoms with Crippen LogP contribution in [-0.4, -0.2) is 98.2 Å². The third-order valence-electron chi connectivity index (χ3n) is 10.1. The minimum atomic E-state index is -0.912. The van der Waals surface area contributed by atoms with E-state index in [1.54, 1.807) is 48.5 Å². The lowest BCUT2D eigenvalue weighted by molar-refractivity contribution is -0.126. The Bertz CT molecular complexity index is 2140. The molecule has 3 aliphatic heterocycles. The van der Waals surface area contributed by atoms with E-state index in [2.05, 4.69) is 24.8 Å². The lowest BCUT2D eigenvalue weighted by Crippen LogP contribution is -2.48. The number of ether oxygens (including phenoxy) is 1. The minimum Gasteiger partial charge on any atom is -0.461 e. The van der Waals surface area contributed by atoms with E-state index in [-0.39, 0.29) is 29.7 Å². The predicted octanol–water partition coefficient (Wildman–Crippen LogP) is 6.05. The molecule has 13 heteroatoms. The standard InChI is InChI=1S/C37H35ClF2N8O2/c1-23-41-13-11-26(43-23)9-10-30(49)46-15-17-47(18-16-46)35-28-20-42-33(27-7-2-5-24-6-3-8-29(38)31(24)27)32(40)34(28)44-36(45-35)50-22-37-12-4-14-48(37)21-25(39)19-37/h2-3,5-11,13,20,25H,4,12,14-19,21-22H2,1H3/b10-9+/t25-,37+/m1/s1. The number of hydrogen-bond donors (Lipinski definition) is 0. The van der Waals surface area contributed by atoms with E-state index in [1.165, 1.54) is 6.08 Å². The molecule has 2 aromatic carbocycles. The summed E-state index contributed by atoms with van der Waals surface area (Å²) in [4.78, 5) is 41.4. The Morgan fingerprint density at radius 3 is 2.70 bits per heavy atom. The number of piperazine rings is 1. The molecule has 0 N–H and O–H groups in total. The van der Waals surface area contributed by atoms with Gasteiger partial charge in [-0.1, -0.05) is 41.9 Å². The summed E-state index contributed by atoms with van der Waals surface area (Å²) in [5, 5.41) is 2.47. The molecule has 0 radical (unpaired) electrons. The second-order valence-corrected chi connectivity index (χ2v) is 13.6. The molecule has 0 saturated carbocycles. The number of halogens is 3. The van der Waals surface area contributed by atoms with Crippen molar-refractivity contribution in [1.82, 2.24) is 34.7 Å². The number of pyridine rings is 1. The molecule has 3 fully saturated rings. The molecule has 10 nitrogen and oxygen atoms in total. The summed E-state index contributed by atoms with van der Waals surface area (Å²) in [6, 6.07) is 12.9. The van der Waals surface area contributed by atoms with Crippen molar-refractivity contribution in [2.45, 2.75) is 37.9 Å². The van der Waals surface area contributed by atoms with Crippen LogP contribution in [0, 0.1) is 12.7 Å². The number of carbonyl (C=O) groups excluding carboxylic acids is 1. The van der Waals surface area contributed by atoms with Crippen LogP contribution in [0.4, 0.5) is 14.6 Å². The van der Waals surface area contributed by atoms with Crippen molar-refractivity contribution in [3.63, 3.8) is 0 Å². The number of rotatable bonds is 7. The molecule has 8 rings (SSSR count). The van der Waals surface area contributed by atoms with Gasteiger partial charge in [0.25, 0.3) is 0 Å². The number of alkyl halides is 1. The van der Waals surface area contributed by atoms with Crippen LogP contribution in [0.25, 0.3) is 39.0 Å². The van der Waals surface area contributed by atoms with Crippen molar-refractivity contribution in [2.75, 3.05) is 50.8 Å². The first kappa shape index (κ1) is 32.4. The van der Waals surface area contributed by atoms with E-state index < -0.39 is 17.5 Å². The SMILES string of the molecule is Cc1nccc(/C=C/C(=O)N2CCN(c3nc(OC[C@@]45CCCN4C[C@H](F)C5)nc4c(F)c(-c5cccc6cccc(Cl)c56)ncc34)CC2)n1. The van der Waals surface area contributed by atoms with Crippen LogP contribution in [0.3, 0.4) is 0 Å². The highest BCUT2D eigenvalue weighted by Crippen LogP contribution is 2.41. The number of anilines is 1. The molecule has 6 heterocycles.